The van der Waals surface area contributed by atoms with Gasteiger partial charge in [-0.3, -0.25) is 14.0 Å². The molecule has 6 nitrogen and oxygen atoms in total. The second-order valence-corrected chi connectivity index (χ2v) is 6.63. The van der Waals surface area contributed by atoms with Gasteiger partial charge in [-0.05, 0) is 19.4 Å². The van der Waals surface area contributed by atoms with Crippen LogP contribution in [0.4, 0.5) is 0 Å². The molecule has 1 aromatic carbocycles. The van der Waals surface area contributed by atoms with Crippen LogP contribution in [0.1, 0.15) is 28.5 Å². The molecule has 3 rings (SSSR count). The first-order valence-electron chi connectivity index (χ1n) is 7.42. The highest BCUT2D eigenvalue weighted by Gasteiger charge is 2.24. The van der Waals surface area contributed by atoms with E-state index in [0.717, 1.165) is 5.69 Å². The minimum atomic E-state index is -1.23. The van der Waals surface area contributed by atoms with Crippen molar-refractivity contribution in [2.75, 3.05) is 6.54 Å². The van der Waals surface area contributed by atoms with Crippen LogP contribution in [0, 0.1) is 6.92 Å². The van der Waals surface area contributed by atoms with E-state index in [1.165, 1.54) is 21.9 Å². The quantitative estimate of drug-likeness (QED) is 0.755. The number of aliphatic hydroxyl groups is 1. The van der Waals surface area contributed by atoms with E-state index in [1.807, 2.05) is 23.6 Å². The van der Waals surface area contributed by atoms with Crippen LogP contribution in [-0.2, 0) is 5.60 Å². The van der Waals surface area contributed by atoms with Gasteiger partial charge in [-0.2, -0.15) is 0 Å². The standard InChI is InChI=1S/C17H17N3O3S/c1-11-9-24-16-18-8-13(15(22)20(11)16)14(21)19-10-17(2,23)12-6-4-3-5-7-12/h3-9,23H,10H2,1-2H3,(H,19,21). The maximum absolute atomic E-state index is 12.5. The van der Waals surface area contributed by atoms with Crippen LogP contribution in [-0.4, -0.2) is 26.9 Å². The van der Waals surface area contributed by atoms with Gasteiger partial charge in [0.15, 0.2) is 4.96 Å². The molecule has 0 bridgehead atoms. The average Bonchev–Trinajstić information content (AvgIpc) is 2.96. The van der Waals surface area contributed by atoms with Gasteiger partial charge in [0.25, 0.3) is 11.5 Å². The molecular weight excluding hydrogens is 326 g/mol. The van der Waals surface area contributed by atoms with Crippen LogP contribution < -0.4 is 10.9 Å². The summed E-state index contributed by atoms with van der Waals surface area (Å²) >= 11 is 1.34. The second-order valence-electron chi connectivity index (χ2n) is 5.79. The predicted octanol–water partition coefficient (Wildman–Crippen LogP) is 1.70. The number of carbonyl (C=O) groups excluding carboxylic acids is 1. The fraction of sp³-hybridized carbons (Fsp3) is 0.235. The van der Waals surface area contributed by atoms with Crippen LogP contribution in [0.5, 0.6) is 0 Å². The molecular formula is C17H17N3O3S. The van der Waals surface area contributed by atoms with E-state index in [-0.39, 0.29) is 12.1 Å². The number of nitrogens with one attached hydrogen (secondary N) is 1. The van der Waals surface area contributed by atoms with Gasteiger partial charge >= 0.3 is 0 Å². The van der Waals surface area contributed by atoms with Crippen molar-refractivity contribution in [2.24, 2.45) is 0 Å². The molecule has 24 heavy (non-hydrogen) atoms. The molecule has 124 valence electrons. The van der Waals surface area contributed by atoms with E-state index in [0.29, 0.717) is 10.5 Å². The Morgan fingerprint density at radius 2 is 2.08 bits per heavy atom. The molecule has 0 aliphatic carbocycles. The molecule has 0 saturated heterocycles. The molecule has 2 aromatic heterocycles. The molecule has 0 aliphatic rings. The fourth-order valence-corrected chi connectivity index (χ4v) is 3.25. The Morgan fingerprint density at radius 3 is 2.79 bits per heavy atom. The van der Waals surface area contributed by atoms with E-state index < -0.39 is 17.1 Å². The van der Waals surface area contributed by atoms with Crippen LogP contribution >= 0.6 is 11.3 Å². The number of rotatable bonds is 4. The van der Waals surface area contributed by atoms with E-state index in [4.69, 9.17) is 0 Å². The predicted molar refractivity (Wildman–Crippen MR) is 92.4 cm³/mol. The molecule has 1 atom stereocenters. The molecule has 0 aliphatic heterocycles. The Labute approximate surface area is 142 Å². The number of benzene rings is 1. The maximum atomic E-state index is 12.5. The number of fused-ring (bicyclic) bond motifs is 1. The van der Waals surface area contributed by atoms with Crippen LogP contribution in [0.2, 0.25) is 0 Å². The van der Waals surface area contributed by atoms with Crippen molar-refractivity contribution in [2.45, 2.75) is 19.4 Å². The monoisotopic (exact) mass is 343 g/mol. The molecule has 0 spiro atoms. The highest BCUT2D eigenvalue weighted by molar-refractivity contribution is 7.15. The Morgan fingerprint density at radius 1 is 1.38 bits per heavy atom. The van der Waals surface area contributed by atoms with Gasteiger partial charge in [0.1, 0.15) is 11.2 Å². The number of aryl methyl sites for hydroxylation is 1. The van der Waals surface area contributed by atoms with Gasteiger partial charge in [0, 0.05) is 17.3 Å². The van der Waals surface area contributed by atoms with E-state index in [9.17, 15) is 14.7 Å². The molecule has 1 amide bonds. The average molecular weight is 343 g/mol. The SMILES string of the molecule is Cc1csc2ncc(C(=O)NCC(C)(O)c3ccccc3)c(=O)n12. The first-order chi connectivity index (χ1) is 11.4. The summed E-state index contributed by atoms with van der Waals surface area (Å²) in [6.07, 6.45) is 1.28. The number of thiazole rings is 1. The lowest BCUT2D eigenvalue weighted by Gasteiger charge is -2.24. The number of amides is 1. The van der Waals surface area contributed by atoms with Crippen molar-refractivity contribution in [3.63, 3.8) is 0 Å². The van der Waals surface area contributed by atoms with Gasteiger partial charge in [-0.1, -0.05) is 30.3 Å². The first-order valence-corrected chi connectivity index (χ1v) is 8.30. The lowest BCUT2D eigenvalue weighted by molar-refractivity contribution is 0.0526. The minimum absolute atomic E-state index is 0.0133. The molecule has 0 radical (unpaired) electrons. The Balaban J connectivity index is 1.82. The van der Waals surface area contributed by atoms with Crippen molar-refractivity contribution in [3.05, 3.63) is 69.1 Å². The lowest BCUT2D eigenvalue weighted by Crippen LogP contribution is -2.40. The van der Waals surface area contributed by atoms with Gasteiger partial charge in [-0.15, -0.1) is 11.3 Å². The summed E-state index contributed by atoms with van der Waals surface area (Å²) < 4.78 is 1.41. The Kier molecular flexibility index (Phi) is 4.21. The molecule has 7 heteroatoms. The van der Waals surface area contributed by atoms with Gasteiger partial charge in [-0.25, -0.2) is 4.98 Å². The smallest absolute Gasteiger partial charge is 0.271 e. The number of nitrogens with zero attached hydrogens (tertiary/aromatic N) is 2. The summed E-state index contributed by atoms with van der Waals surface area (Å²) in [7, 11) is 0. The number of aromatic nitrogens is 2. The highest BCUT2D eigenvalue weighted by atomic mass is 32.1. The van der Waals surface area contributed by atoms with E-state index in [2.05, 4.69) is 10.3 Å². The lowest BCUT2D eigenvalue weighted by atomic mass is 9.96. The molecule has 2 N–H and O–H groups in total. The normalized spacial score (nSPS) is 13.6. The van der Waals surface area contributed by atoms with Crippen molar-refractivity contribution in [1.82, 2.24) is 14.7 Å². The number of hydrogen-bond donors (Lipinski definition) is 2. The summed E-state index contributed by atoms with van der Waals surface area (Å²) in [5, 5.41) is 14.9. The topological polar surface area (TPSA) is 83.7 Å². The summed E-state index contributed by atoms with van der Waals surface area (Å²) in [6, 6.07) is 9.04. The third kappa shape index (κ3) is 2.95. The minimum Gasteiger partial charge on any atom is -0.384 e. The zero-order valence-corrected chi connectivity index (χ0v) is 14.1. The molecule has 2 heterocycles. The van der Waals surface area contributed by atoms with Crippen LogP contribution in [0.15, 0.2) is 46.7 Å². The van der Waals surface area contributed by atoms with E-state index >= 15 is 0 Å². The van der Waals surface area contributed by atoms with Gasteiger partial charge in [0.2, 0.25) is 0 Å². The third-order valence-electron chi connectivity index (χ3n) is 3.85. The van der Waals surface area contributed by atoms with Crippen molar-refractivity contribution in [1.29, 1.82) is 0 Å². The largest absolute Gasteiger partial charge is 0.384 e. The zero-order valence-electron chi connectivity index (χ0n) is 13.3. The zero-order chi connectivity index (χ0) is 17.3. The van der Waals surface area contributed by atoms with Crippen LogP contribution in [0.25, 0.3) is 4.96 Å². The molecule has 0 fully saturated rings. The van der Waals surface area contributed by atoms with E-state index in [1.54, 1.807) is 26.0 Å². The van der Waals surface area contributed by atoms with Crippen LogP contribution in [0.3, 0.4) is 0 Å². The van der Waals surface area contributed by atoms with Gasteiger partial charge < -0.3 is 10.4 Å². The van der Waals surface area contributed by atoms with Crippen molar-refractivity contribution < 1.29 is 9.90 Å². The third-order valence-corrected chi connectivity index (χ3v) is 4.81. The fourth-order valence-electron chi connectivity index (χ4n) is 2.43. The summed E-state index contributed by atoms with van der Waals surface area (Å²) in [4.78, 5) is 29.5. The highest BCUT2D eigenvalue weighted by Crippen LogP contribution is 2.19. The Hall–Kier alpha value is -2.51. The Bertz CT molecular complexity index is 945. The number of carbonyl (C=O) groups is 1. The molecule has 3 aromatic rings. The summed E-state index contributed by atoms with van der Waals surface area (Å²) in [5.74, 6) is -0.552. The second kappa shape index (κ2) is 6.18. The summed E-state index contributed by atoms with van der Waals surface area (Å²) in [5.41, 5.74) is -0.265. The first kappa shape index (κ1) is 16.4. The molecule has 1 unspecified atom stereocenters. The van der Waals surface area contributed by atoms with Crippen molar-refractivity contribution in [3.8, 4) is 0 Å². The van der Waals surface area contributed by atoms with Crippen molar-refractivity contribution >= 4 is 22.2 Å². The molecule has 0 saturated carbocycles. The number of hydrogen-bond acceptors (Lipinski definition) is 5. The van der Waals surface area contributed by atoms with Gasteiger partial charge in [0.05, 0.1) is 6.54 Å². The summed E-state index contributed by atoms with van der Waals surface area (Å²) in [6.45, 7) is 3.38. The maximum Gasteiger partial charge on any atom is 0.271 e.